The minimum atomic E-state index is 0.180. The zero-order valence-electron chi connectivity index (χ0n) is 12.2. The molecule has 0 radical (unpaired) electrons. The lowest BCUT2D eigenvalue weighted by Crippen LogP contribution is -2.35. The van der Waals surface area contributed by atoms with Gasteiger partial charge in [-0.05, 0) is 28.5 Å². The van der Waals surface area contributed by atoms with E-state index in [-0.39, 0.29) is 10.8 Å². The summed E-state index contributed by atoms with van der Waals surface area (Å²) in [6, 6.07) is 8.80. The van der Waals surface area contributed by atoms with Crippen LogP contribution in [0.4, 0.5) is 0 Å². The Morgan fingerprint density at radius 3 is 2.12 bits per heavy atom. The zero-order chi connectivity index (χ0) is 13.1. The first-order valence-corrected chi connectivity index (χ1v) is 6.60. The van der Waals surface area contributed by atoms with Gasteiger partial charge in [0.2, 0.25) is 0 Å². The average molecular weight is 233 g/mol. The molecule has 1 heteroatoms. The molecule has 0 aliphatic heterocycles. The molecule has 0 amide bonds. The van der Waals surface area contributed by atoms with E-state index < -0.39 is 0 Å². The Kier molecular flexibility index (Phi) is 4.37. The highest BCUT2D eigenvalue weighted by atomic mass is 14.8. The van der Waals surface area contributed by atoms with Gasteiger partial charge in [0.25, 0.3) is 0 Å². The molecule has 1 aromatic carbocycles. The third-order valence-electron chi connectivity index (χ3n) is 4.13. The van der Waals surface area contributed by atoms with Crippen molar-refractivity contribution in [2.45, 2.75) is 53.5 Å². The van der Waals surface area contributed by atoms with Gasteiger partial charge < -0.3 is 5.32 Å². The van der Waals surface area contributed by atoms with E-state index in [9.17, 15) is 0 Å². The first-order chi connectivity index (χ1) is 7.80. The summed E-state index contributed by atoms with van der Waals surface area (Å²) in [5.74, 6) is 0. The Morgan fingerprint density at radius 1 is 1.00 bits per heavy atom. The molecule has 0 saturated heterocycles. The normalized spacial score (nSPS) is 12.8. The van der Waals surface area contributed by atoms with Gasteiger partial charge in [0.15, 0.2) is 0 Å². The molecule has 0 unspecified atom stereocenters. The van der Waals surface area contributed by atoms with Crippen molar-refractivity contribution >= 4 is 0 Å². The van der Waals surface area contributed by atoms with E-state index in [1.54, 1.807) is 0 Å². The van der Waals surface area contributed by atoms with Crippen LogP contribution in [0.25, 0.3) is 0 Å². The van der Waals surface area contributed by atoms with Gasteiger partial charge in [0.05, 0.1) is 0 Å². The fourth-order valence-corrected chi connectivity index (χ4v) is 1.95. The van der Waals surface area contributed by atoms with Gasteiger partial charge in [0, 0.05) is 6.54 Å². The van der Waals surface area contributed by atoms with Gasteiger partial charge in [-0.3, -0.25) is 0 Å². The van der Waals surface area contributed by atoms with Crippen molar-refractivity contribution in [1.29, 1.82) is 0 Å². The summed E-state index contributed by atoms with van der Waals surface area (Å²) in [6.07, 6.45) is 0. The summed E-state index contributed by atoms with van der Waals surface area (Å²) in [7, 11) is 0. The first kappa shape index (κ1) is 14.2. The van der Waals surface area contributed by atoms with Crippen molar-refractivity contribution in [3.63, 3.8) is 0 Å². The molecule has 1 nitrogen and oxygen atoms in total. The number of benzene rings is 1. The summed E-state index contributed by atoms with van der Waals surface area (Å²) in [5.41, 5.74) is 3.33. The van der Waals surface area contributed by atoms with Crippen LogP contribution in [0.15, 0.2) is 24.3 Å². The summed E-state index contributed by atoms with van der Waals surface area (Å²) in [6.45, 7) is 15.8. The Morgan fingerprint density at radius 2 is 1.59 bits per heavy atom. The van der Waals surface area contributed by atoms with Gasteiger partial charge in [-0.25, -0.2) is 0 Å². The van der Waals surface area contributed by atoms with Gasteiger partial charge >= 0.3 is 0 Å². The van der Waals surface area contributed by atoms with Crippen LogP contribution >= 0.6 is 0 Å². The van der Waals surface area contributed by atoms with E-state index in [0.29, 0.717) is 0 Å². The van der Waals surface area contributed by atoms with Crippen LogP contribution in [0.5, 0.6) is 0 Å². The molecule has 1 N–H and O–H groups in total. The molecule has 0 aliphatic carbocycles. The minimum absolute atomic E-state index is 0.180. The molecule has 1 rings (SSSR count). The fourth-order valence-electron chi connectivity index (χ4n) is 1.95. The molecule has 0 saturated carbocycles. The maximum Gasteiger partial charge on any atom is 0.0208 e. The van der Waals surface area contributed by atoms with Crippen molar-refractivity contribution < 1.29 is 0 Å². The SMILES string of the molecule is CCNCc1ccccc1C(C)(C)C(C)(C)C. The standard InChI is InChI=1S/C16H27N/c1-7-17-12-13-10-8-9-11-14(13)16(5,6)15(2,3)4/h8-11,17H,7,12H2,1-6H3. The van der Waals surface area contributed by atoms with Gasteiger partial charge in [-0.15, -0.1) is 0 Å². The van der Waals surface area contributed by atoms with E-state index in [0.717, 1.165) is 13.1 Å². The maximum atomic E-state index is 3.43. The average Bonchev–Trinajstić information content (AvgIpc) is 2.25. The molecule has 0 fully saturated rings. The fraction of sp³-hybridized carbons (Fsp3) is 0.625. The van der Waals surface area contributed by atoms with Crippen LogP contribution in [0.2, 0.25) is 0 Å². The van der Waals surface area contributed by atoms with E-state index in [4.69, 9.17) is 0 Å². The highest BCUT2D eigenvalue weighted by Gasteiger charge is 2.35. The van der Waals surface area contributed by atoms with E-state index >= 15 is 0 Å². The Labute approximate surface area is 107 Å². The predicted octanol–water partition coefficient (Wildman–Crippen LogP) is 4.12. The van der Waals surface area contributed by atoms with Crippen molar-refractivity contribution in [3.05, 3.63) is 35.4 Å². The summed E-state index contributed by atoms with van der Waals surface area (Å²) >= 11 is 0. The zero-order valence-corrected chi connectivity index (χ0v) is 12.2. The Hall–Kier alpha value is -0.820. The van der Waals surface area contributed by atoms with Crippen LogP contribution in [-0.4, -0.2) is 6.54 Å². The molecule has 1 aromatic rings. The molecule has 0 bridgehead atoms. The molecule has 0 spiro atoms. The van der Waals surface area contributed by atoms with E-state index in [2.05, 4.69) is 71.1 Å². The van der Waals surface area contributed by atoms with Gasteiger partial charge in [0.1, 0.15) is 0 Å². The largest absolute Gasteiger partial charge is 0.313 e. The molecular weight excluding hydrogens is 206 g/mol. The minimum Gasteiger partial charge on any atom is -0.313 e. The van der Waals surface area contributed by atoms with Crippen molar-refractivity contribution in [3.8, 4) is 0 Å². The first-order valence-electron chi connectivity index (χ1n) is 6.60. The Bertz CT molecular complexity index is 358. The smallest absolute Gasteiger partial charge is 0.0208 e. The van der Waals surface area contributed by atoms with E-state index in [1.165, 1.54) is 11.1 Å². The summed E-state index contributed by atoms with van der Waals surface area (Å²) < 4.78 is 0. The second kappa shape index (κ2) is 5.22. The molecule has 17 heavy (non-hydrogen) atoms. The highest BCUT2D eigenvalue weighted by molar-refractivity contribution is 5.34. The third-order valence-corrected chi connectivity index (χ3v) is 4.13. The van der Waals surface area contributed by atoms with E-state index in [1.807, 2.05) is 0 Å². The molecular formula is C16H27N. The molecule has 0 aliphatic rings. The van der Waals surface area contributed by atoms with Crippen molar-refractivity contribution in [2.75, 3.05) is 6.54 Å². The molecule has 0 aromatic heterocycles. The van der Waals surface area contributed by atoms with Crippen molar-refractivity contribution in [2.24, 2.45) is 5.41 Å². The number of rotatable bonds is 4. The molecule has 96 valence electrons. The van der Waals surface area contributed by atoms with Crippen LogP contribution in [0.1, 0.15) is 52.7 Å². The maximum absolute atomic E-state index is 3.43. The van der Waals surface area contributed by atoms with Crippen LogP contribution in [0, 0.1) is 5.41 Å². The van der Waals surface area contributed by atoms with Crippen LogP contribution in [-0.2, 0) is 12.0 Å². The van der Waals surface area contributed by atoms with Gasteiger partial charge in [-0.2, -0.15) is 0 Å². The van der Waals surface area contributed by atoms with Gasteiger partial charge in [-0.1, -0.05) is 65.8 Å². The quantitative estimate of drug-likeness (QED) is 0.825. The second-order valence-electron chi connectivity index (χ2n) is 6.31. The topological polar surface area (TPSA) is 12.0 Å². The Balaban J connectivity index is 3.12. The lowest BCUT2D eigenvalue weighted by molar-refractivity contribution is 0.224. The van der Waals surface area contributed by atoms with Crippen LogP contribution in [0.3, 0.4) is 0 Å². The van der Waals surface area contributed by atoms with Crippen molar-refractivity contribution in [1.82, 2.24) is 5.32 Å². The molecule has 0 atom stereocenters. The summed E-state index contributed by atoms with van der Waals surface area (Å²) in [4.78, 5) is 0. The number of hydrogen-bond donors (Lipinski definition) is 1. The molecule has 0 heterocycles. The lowest BCUT2D eigenvalue weighted by Gasteiger charge is -2.40. The predicted molar refractivity (Wildman–Crippen MR) is 76.3 cm³/mol. The van der Waals surface area contributed by atoms with Crippen LogP contribution < -0.4 is 5.32 Å². The second-order valence-corrected chi connectivity index (χ2v) is 6.31. The monoisotopic (exact) mass is 233 g/mol. The summed E-state index contributed by atoms with van der Waals surface area (Å²) in [5, 5.41) is 3.43. The third kappa shape index (κ3) is 3.10. The highest BCUT2D eigenvalue weighted by Crippen LogP contribution is 2.42. The number of hydrogen-bond acceptors (Lipinski definition) is 1. The number of nitrogens with one attached hydrogen (secondary N) is 1. The lowest BCUT2D eigenvalue weighted by atomic mass is 9.64.